The van der Waals surface area contributed by atoms with Gasteiger partial charge in [-0.25, -0.2) is 0 Å². The molecule has 0 aliphatic rings. The molecular formula is C9H14ClN3O2. The Labute approximate surface area is 93.5 Å². The summed E-state index contributed by atoms with van der Waals surface area (Å²) in [6, 6.07) is 1.60. The first kappa shape index (κ1) is 11.9. The van der Waals surface area contributed by atoms with Gasteiger partial charge in [-0.2, -0.15) is 4.98 Å². The van der Waals surface area contributed by atoms with Gasteiger partial charge < -0.3 is 20.5 Å². The maximum absolute atomic E-state index is 5.94. The number of nitrogen functional groups attached to an aromatic ring is 1. The quantitative estimate of drug-likeness (QED) is 0.750. The number of rotatable bonds is 5. The molecule has 3 N–H and O–H groups in total. The number of hydrogen-bond donors (Lipinski definition) is 2. The summed E-state index contributed by atoms with van der Waals surface area (Å²) < 4.78 is 9.88. The van der Waals surface area contributed by atoms with Crippen molar-refractivity contribution in [3.05, 3.63) is 11.1 Å². The lowest BCUT2D eigenvalue weighted by Crippen LogP contribution is -2.10. The summed E-state index contributed by atoms with van der Waals surface area (Å²) in [7, 11) is 3.13. The van der Waals surface area contributed by atoms with Crippen LogP contribution in [0.5, 0.6) is 5.88 Å². The molecule has 0 spiro atoms. The molecule has 0 aromatic carbocycles. The number of ether oxygens (including phenoxy) is 2. The van der Waals surface area contributed by atoms with E-state index in [1.807, 2.05) is 0 Å². The molecule has 1 heterocycles. The molecule has 1 aromatic rings. The van der Waals surface area contributed by atoms with Gasteiger partial charge in [-0.1, -0.05) is 11.6 Å². The Hall–Kier alpha value is -1.20. The molecule has 5 nitrogen and oxygen atoms in total. The second kappa shape index (κ2) is 5.63. The zero-order valence-electron chi connectivity index (χ0n) is 8.71. The van der Waals surface area contributed by atoms with E-state index in [1.54, 1.807) is 13.2 Å². The second-order valence-corrected chi connectivity index (χ2v) is 3.24. The van der Waals surface area contributed by atoms with Crippen LogP contribution >= 0.6 is 11.6 Å². The van der Waals surface area contributed by atoms with Crippen LogP contribution in [-0.2, 0) is 4.74 Å². The average molecular weight is 232 g/mol. The number of methoxy groups -OCH3 is 2. The molecule has 6 heteroatoms. The van der Waals surface area contributed by atoms with Crippen LogP contribution in [0.4, 0.5) is 11.5 Å². The van der Waals surface area contributed by atoms with E-state index in [-0.39, 0.29) is 0 Å². The predicted molar refractivity (Wildman–Crippen MR) is 60.6 cm³/mol. The molecule has 0 saturated carbocycles. The van der Waals surface area contributed by atoms with Crippen LogP contribution in [0, 0.1) is 0 Å². The van der Waals surface area contributed by atoms with Crippen LogP contribution in [-0.4, -0.2) is 32.4 Å². The number of nitrogens with zero attached hydrogens (tertiary/aromatic N) is 1. The first-order chi connectivity index (χ1) is 7.19. The number of halogens is 1. The molecule has 15 heavy (non-hydrogen) atoms. The maximum atomic E-state index is 5.94. The van der Waals surface area contributed by atoms with Gasteiger partial charge in [-0.3, -0.25) is 0 Å². The summed E-state index contributed by atoms with van der Waals surface area (Å²) >= 11 is 5.94. The molecule has 0 radical (unpaired) electrons. The highest BCUT2D eigenvalue weighted by atomic mass is 35.5. The summed E-state index contributed by atoms with van der Waals surface area (Å²) in [6.07, 6.45) is 0. The van der Waals surface area contributed by atoms with Crippen LogP contribution in [0.2, 0.25) is 5.02 Å². The Morgan fingerprint density at radius 2 is 2.27 bits per heavy atom. The monoisotopic (exact) mass is 231 g/mol. The topological polar surface area (TPSA) is 69.4 Å². The molecule has 0 atom stereocenters. The molecule has 0 aliphatic carbocycles. The normalized spacial score (nSPS) is 10.1. The SMILES string of the molecule is COCCNc1nc(OC)c(N)cc1Cl. The number of aromatic nitrogens is 1. The van der Waals surface area contributed by atoms with Crippen molar-refractivity contribution < 1.29 is 9.47 Å². The lowest BCUT2D eigenvalue weighted by Gasteiger charge is -2.10. The predicted octanol–water partition coefficient (Wildman–Crippen LogP) is 1.38. The molecular weight excluding hydrogens is 218 g/mol. The molecule has 1 rings (SSSR count). The van der Waals surface area contributed by atoms with Crippen molar-refractivity contribution in [1.29, 1.82) is 0 Å². The van der Waals surface area contributed by atoms with E-state index in [2.05, 4.69) is 10.3 Å². The van der Waals surface area contributed by atoms with E-state index in [9.17, 15) is 0 Å². The lowest BCUT2D eigenvalue weighted by molar-refractivity contribution is 0.210. The highest BCUT2D eigenvalue weighted by Crippen LogP contribution is 2.28. The van der Waals surface area contributed by atoms with E-state index in [0.29, 0.717) is 35.6 Å². The molecule has 0 aliphatic heterocycles. The molecule has 0 amide bonds. The highest BCUT2D eigenvalue weighted by Gasteiger charge is 2.07. The van der Waals surface area contributed by atoms with Crippen LogP contribution < -0.4 is 15.8 Å². The van der Waals surface area contributed by atoms with Crippen molar-refractivity contribution in [2.45, 2.75) is 0 Å². The smallest absolute Gasteiger partial charge is 0.238 e. The highest BCUT2D eigenvalue weighted by molar-refractivity contribution is 6.33. The van der Waals surface area contributed by atoms with Gasteiger partial charge >= 0.3 is 0 Å². The Morgan fingerprint density at radius 1 is 1.53 bits per heavy atom. The summed E-state index contributed by atoms with van der Waals surface area (Å²) in [5.74, 6) is 0.902. The summed E-state index contributed by atoms with van der Waals surface area (Å²) in [4.78, 5) is 4.12. The fourth-order valence-corrected chi connectivity index (χ4v) is 1.27. The Balaban J connectivity index is 2.78. The van der Waals surface area contributed by atoms with E-state index in [1.165, 1.54) is 7.11 Å². The van der Waals surface area contributed by atoms with Gasteiger partial charge in [0, 0.05) is 13.7 Å². The first-order valence-electron chi connectivity index (χ1n) is 4.42. The van der Waals surface area contributed by atoms with E-state index < -0.39 is 0 Å². The van der Waals surface area contributed by atoms with Gasteiger partial charge in [0.25, 0.3) is 0 Å². The van der Waals surface area contributed by atoms with Crippen molar-refractivity contribution in [2.75, 3.05) is 38.4 Å². The zero-order valence-corrected chi connectivity index (χ0v) is 9.47. The van der Waals surface area contributed by atoms with Gasteiger partial charge in [-0.05, 0) is 6.07 Å². The molecule has 0 fully saturated rings. The van der Waals surface area contributed by atoms with Gasteiger partial charge in [0.15, 0.2) is 0 Å². The largest absolute Gasteiger partial charge is 0.479 e. The van der Waals surface area contributed by atoms with Gasteiger partial charge in [0.1, 0.15) is 5.82 Å². The Bertz CT molecular complexity index is 333. The number of nitrogens with two attached hydrogens (primary N) is 1. The Kier molecular flexibility index (Phi) is 4.45. The number of pyridine rings is 1. The van der Waals surface area contributed by atoms with Crippen LogP contribution in [0.15, 0.2) is 6.07 Å². The third-order valence-corrected chi connectivity index (χ3v) is 2.05. The third kappa shape index (κ3) is 3.14. The van der Waals surface area contributed by atoms with Crippen LogP contribution in [0.3, 0.4) is 0 Å². The maximum Gasteiger partial charge on any atom is 0.238 e. The summed E-state index contributed by atoms with van der Waals surface area (Å²) in [6.45, 7) is 1.20. The third-order valence-electron chi connectivity index (χ3n) is 1.76. The minimum absolute atomic E-state index is 0.360. The minimum Gasteiger partial charge on any atom is -0.479 e. The van der Waals surface area contributed by atoms with Crippen molar-refractivity contribution >= 4 is 23.1 Å². The zero-order chi connectivity index (χ0) is 11.3. The molecule has 0 unspecified atom stereocenters. The molecule has 84 valence electrons. The van der Waals surface area contributed by atoms with Gasteiger partial charge in [0.05, 0.1) is 24.4 Å². The fraction of sp³-hybridized carbons (Fsp3) is 0.444. The standard InChI is InChI=1S/C9H14ClN3O2/c1-14-4-3-12-8-6(10)5-7(11)9(13-8)15-2/h5H,3-4,11H2,1-2H3,(H,12,13). The number of anilines is 2. The summed E-state index contributed by atoms with van der Waals surface area (Å²) in [5.41, 5.74) is 6.05. The Morgan fingerprint density at radius 3 is 2.87 bits per heavy atom. The van der Waals surface area contributed by atoms with Crippen molar-refractivity contribution in [2.24, 2.45) is 0 Å². The lowest BCUT2D eigenvalue weighted by atomic mass is 10.4. The van der Waals surface area contributed by atoms with Crippen LogP contribution in [0.1, 0.15) is 0 Å². The fourth-order valence-electron chi connectivity index (χ4n) is 1.05. The number of hydrogen-bond acceptors (Lipinski definition) is 5. The summed E-state index contributed by atoms with van der Waals surface area (Å²) in [5, 5.41) is 3.47. The van der Waals surface area contributed by atoms with Gasteiger partial charge in [-0.15, -0.1) is 0 Å². The second-order valence-electron chi connectivity index (χ2n) is 2.84. The van der Waals surface area contributed by atoms with Crippen molar-refractivity contribution in [1.82, 2.24) is 4.98 Å². The van der Waals surface area contributed by atoms with Crippen molar-refractivity contribution in [3.8, 4) is 5.88 Å². The minimum atomic E-state index is 0.360. The van der Waals surface area contributed by atoms with Crippen LogP contribution in [0.25, 0.3) is 0 Å². The first-order valence-corrected chi connectivity index (χ1v) is 4.79. The van der Waals surface area contributed by atoms with E-state index >= 15 is 0 Å². The number of nitrogens with one attached hydrogen (secondary N) is 1. The average Bonchev–Trinajstić information content (AvgIpc) is 2.21. The molecule has 0 saturated heterocycles. The molecule has 0 bridgehead atoms. The molecule has 1 aromatic heterocycles. The van der Waals surface area contributed by atoms with Crippen molar-refractivity contribution in [3.63, 3.8) is 0 Å². The van der Waals surface area contributed by atoms with Gasteiger partial charge in [0.2, 0.25) is 5.88 Å². The van der Waals surface area contributed by atoms with E-state index in [0.717, 1.165) is 0 Å². The van der Waals surface area contributed by atoms with E-state index in [4.69, 9.17) is 26.8 Å².